The largest absolute Gasteiger partial charge is 0.481 e. The van der Waals surface area contributed by atoms with Crippen LogP contribution in [0.25, 0.3) is 0 Å². The van der Waals surface area contributed by atoms with Gasteiger partial charge in [0.15, 0.2) is 9.84 Å². The number of hydrogen-bond donors (Lipinski definition) is 1. The number of nitrogens with one attached hydrogen (secondary N) is 1. The van der Waals surface area contributed by atoms with Crippen LogP contribution in [0.3, 0.4) is 0 Å². The number of methoxy groups -OCH3 is 1. The van der Waals surface area contributed by atoms with Crippen molar-refractivity contribution in [2.45, 2.75) is 25.6 Å². The molecular formula is C12H20N2O3S. The molecule has 0 fully saturated rings. The topological polar surface area (TPSA) is 68.3 Å². The highest BCUT2D eigenvalue weighted by atomic mass is 32.2. The normalized spacial score (nSPS) is 11.8. The van der Waals surface area contributed by atoms with E-state index in [1.807, 2.05) is 12.1 Å². The molecule has 1 rings (SSSR count). The molecule has 0 unspecified atom stereocenters. The molecule has 0 spiro atoms. The Morgan fingerprint density at radius 3 is 2.78 bits per heavy atom. The van der Waals surface area contributed by atoms with Crippen molar-refractivity contribution in [1.82, 2.24) is 10.3 Å². The molecule has 0 saturated heterocycles. The van der Waals surface area contributed by atoms with E-state index in [4.69, 9.17) is 4.74 Å². The van der Waals surface area contributed by atoms with Gasteiger partial charge in [-0.2, -0.15) is 0 Å². The zero-order chi connectivity index (χ0) is 13.6. The van der Waals surface area contributed by atoms with Crippen LogP contribution in [0.4, 0.5) is 0 Å². The average molecular weight is 272 g/mol. The van der Waals surface area contributed by atoms with E-state index in [2.05, 4.69) is 10.3 Å². The van der Waals surface area contributed by atoms with E-state index < -0.39 is 9.84 Å². The SMILES string of the molecule is COc1cc(CNCCS(=O)(=O)C(C)C)ccn1. The molecule has 18 heavy (non-hydrogen) atoms. The molecule has 1 aromatic heterocycles. The summed E-state index contributed by atoms with van der Waals surface area (Å²) in [5.74, 6) is 0.719. The highest BCUT2D eigenvalue weighted by Crippen LogP contribution is 2.08. The van der Waals surface area contributed by atoms with Gasteiger partial charge in [-0.05, 0) is 25.5 Å². The van der Waals surface area contributed by atoms with Crippen LogP contribution in [0.15, 0.2) is 18.3 Å². The van der Waals surface area contributed by atoms with Crippen LogP contribution >= 0.6 is 0 Å². The molecule has 1 heterocycles. The molecule has 0 amide bonds. The Bertz CT molecular complexity index is 472. The monoisotopic (exact) mass is 272 g/mol. The standard InChI is InChI=1S/C12H20N2O3S/c1-10(2)18(15,16)7-6-13-9-11-4-5-14-12(8-11)17-3/h4-5,8,10,13H,6-7,9H2,1-3H3. The van der Waals surface area contributed by atoms with E-state index in [1.54, 1.807) is 27.2 Å². The first kappa shape index (κ1) is 14.9. The van der Waals surface area contributed by atoms with Gasteiger partial charge in [-0.1, -0.05) is 0 Å². The lowest BCUT2D eigenvalue weighted by Gasteiger charge is -2.09. The lowest BCUT2D eigenvalue weighted by atomic mass is 10.2. The van der Waals surface area contributed by atoms with Crippen LogP contribution in [-0.2, 0) is 16.4 Å². The predicted octanol–water partition coefficient (Wildman–Crippen LogP) is 1.00. The summed E-state index contributed by atoms with van der Waals surface area (Å²) >= 11 is 0. The van der Waals surface area contributed by atoms with Gasteiger partial charge < -0.3 is 10.1 Å². The maximum absolute atomic E-state index is 11.6. The van der Waals surface area contributed by atoms with Gasteiger partial charge in [-0.3, -0.25) is 0 Å². The van der Waals surface area contributed by atoms with Gasteiger partial charge in [-0.25, -0.2) is 13.4 Å². The summed E-state index contributed by atoms with van der Waals surface area (Å²) < 4.78 is 28.2. The maximum atomic E-state index is 11.6. The van der Waals surface area contributed by atoms with Crippen LogP contribution in [0.2, 0.25) is 0 Å². The molecule has 6 heteroatoms. The Balaban J connectivity index is 2.38. The van der Waals surface area contributed by atoms with E-state index in [-0.39, 0.29) is 11.0 Å². The van der Waals surface area contributed by atoms with Gasteiger partial charge in [0, 0.05) is 25.4 Å². The minimum Gasteiger partial charge on any atom is -0.481 e. The van der Waals surface area contributed by atoms with Crippen molar-refractivity contribution in [3.05, 3.63) is 23.9 Å². The van der Waals surface area contributed by atoms with Gasteiger partial charge in [0.2, 0.25) is 5.88 Å². The predicted molar refractivity (Wildman–Crippen MR) is 71.4 cm³/mol. The number of nitrogens with zero attached hydrogens (tertiary/aromatic N) is 1. The summed E-state index contributed by atoms with van der Waals surface area (Å²) in [6.07, 6.45) is 1.67. The molecular weight excluding hydrogens is 252 g/mol. The van der Waals surface area contributed by atoms with E-state index in [1.165, 1.54) is 0 Å². The van der Waals surface area contributed by atoms with Crippen LogP contribution in [0.5, 0.6) is 5.88 Å². The highest BCUT2D eigenvalue weighted by molar-refractivity contribution is 7.92. The van der Waals surface area contributed by atoms with E-state index in [0.29, 0.717) is 19.0 Å². The summed E-state index contributed by atoms with van der Waals surface area (Å²) in [7, 11) is -1.40. The van der Waals surface area contributed by atoms with Gasteiger partial charge in [0.05, 0.1) is 18.1 Å². The summed E-state index contributed by atoms with van der Waals surface area (Å²) in [6.45, 7) is 4.45. The average Bonchev–Trinajstić information content (AvgIpc) is 2.35. The number of pyridine rings is 1. The zero-order valence-corrected chi connectivity index (χ0v) is 11.8. The molecule has 0 aliphatic rings. The molecule has 1 N–H and O–H groups in total. The van der Waals surface area contributed by atoms with Crippen molar-refractivity contribution < 1.29 is 13.2 Å². The minimum atomic E-state index is -2.96. The summed E-state index contributed by atoms with van der Waals surface area (Å²) in [5.41, 5.74) is 1.02. The molecule has 0 aliphatic heterocycles. The van der Waals surface area contributed by atoms with Crippen molar-refractivity contribution in [2.24, 2.45) is 0 Å². The molecule has 5 nitrogen and oxygen atoms in total. The van der Waals surface area contributed by atoms with Crippen molar-refractivity contribution in [1.29, 1.82) is 0 Å². The Morgan fingerprint density at radius 2 is 2.17 bits per heavy atom. The lowest BCUT2D eigenvalue weighted by Crippen LogP contribution is -2.27. The van der Waals surface area contributed by atoms with Gasteiger partial charge in [0.1, 0.15) is 0 Å². The molecule has 102 valence electrons. The summed E-state index contributed by atoms with van der Waals surface area (Å²) in [4.78, 5) is 4.00. The van der Waals surface area contributed by atoms with Crippen LogP contribution < -0.4 is 10.1 Å². The number of rotatable bonds is 7. The summed E-state index contributed by atoms with van der Waals surface area (Å²) in [5, 5.41) is 2.78. The van der Waals surface area contributed by atoms with E-state index in [9.17, 15) is 8.42 Å². The fraction of sp³-hybridized carbons (Fsp3) is 0.583. The Labute approximate surface area is 108 Å². The molecule has 0 aliphatic carbocycles. The van der Waals surface area contributed by atoms with Crippen molar-refractivity contribution >= 4 is 9.84 Å². The smallest absolute Gasteiger partial charge is 0.213 e. The first-order valence-electron chi connectivity index (χ1n) is 5.87. The number of ether oxygens (including phenoxy) is 1. The Hall–Kier alpha value is -1.14. The van der Waals surface area contributed by atoms with Gasteiger partial charge in [-0.15, -0.1) is 0 Å². The van der Waals surface area contributed by atoms with Crippen LogP contribution in [0, 0.1) is 0 Å². The fourth-order valence-corrected chi connectivity index (χ4v) is 2.26. The number of hydrogen-bond acceptors (Lipinski definition) is 5. The maximum Gasteiger partial charge on any atom is 0.213 e. The fourth-order valence-electron chi connectivity index (χ4n) is 1.35. The Morgan fingerprint density at radius 1 is 1.44 bits per heavy atom. The van der Waals surface area contributed by atoms with E-state index in [0.717, 1.165) is 5.56 Å². The first-order chi connectivity index (χ1) is 8.45. The van der Waals surface area contributed by atoms with Crippen molar-refractivity contribution in [2.75, 3.05) is 19.4 Å². The lowest BCUT2D eigenvalue weighted by molar-refractivity contribution is 0.397. The molecule has 0 aromatic carbocycles. The highest BCUT2D eigenvalue weighted by Gasteiger charge is 2.14. The quantitative estimate of drug-likeness (QED) is 0.750. The van der Waals surface area contributed by atoms with Crippen LogP contribution in [-0.4, -0.2) is 38.1 Å². The second-order valence-electron chi connectivity index (χ2n) is 4.30. The molecule has 0 atom stereocenters. The third-order valence-electron chi connectivity index (χ3n) is 2.62. The third-order valence-corrected chi connectivity index (χ3v) is 4.83. The Kier molecular flexibility index (Phi) is 5.55. The second-order valence-corrected chi connectivity index (χ2v) is 6.98. The molecule has 0 bridgehead atoms. The molecule has 0 saturated carbocycles. The molecule has 0 radical (unpaired) electrons. The minimum absolute atomic E-state index is 0.160. The molecule has 1 aromatic rings. The number of sulfone groups is 1. The van der Waals surface area contributed by atoms with Gasteiger partial charge >= 0.3 is 0 Å². The van der Waals surface area contributed by atoms with Crippen molar-refractivity contribution in [3.8, 4) is 5.88 Å². The van der Waals surface area contributed by atoms with Crippen molar-refractivity contribution in [3.63, 3.8) is 0 Å². The van der Waals surface area contributed by atoms with Gasteiger partial charge in [0.25, 0.3) is 0 Å². The number of aromatic nitrogens is 1. The van der Waals surface area contributed by atoms with E-state index >= 15 is 0 Å². The zero-order valence-electron chi connectivity index (χ0n) is 11.0. The third kappa shape index (κ3) is 4.62. The first-order valence-corrected chi connectivity index (χ1v) is 7.58. The summed E-state index contributed by atoms with van der Waals surface area (Å²) in [6, 6.07) is 3.69. The van der Waals surface area contributed by atoms with Crippen LogP contribution in [0.1, 0.15) is 19.4 Å². The second kappa shape index (κ2) is 6.70.